The molecule has 9 heteroatoms. The summed E-state index contributed by atoms with van der Waals surface area (Å²) in [6, 6.07) is 9.17. The van der Waals surface area contributed by atoms with Crippen LogP contribution in [0.5, 0.6) is 0 Å². The predicted octanol–water partition coefficient (Wildman–Crippen LogP) is 3.65. The van der Waals surface area contributed by atoms with Crippen LogP contribution in [0, 0.1) is 11.8 Å². The molecule has 1 aliphatic carbocycles. The summed E-state index contributed by atoms with van der Waals surface area (Å²) in [6.07, 6.45) is 5.10. The molecule has 0 radical (unpaired) electrons. The number of amides is 3. The third-order valence-corrected chi connectivity index (χ3v) is 8.22. The van der Waals surface area contributed by atoms with Crippen molar-refractivity contribution in [2.45, 2.75) is 64.8 Å². The zero-order chi connectivity index (χ0) is 28.8. The van der Waals surface area contributed by atoms with Gasteiger partial charge < -0.3 is 25.7 Å². The molecule has 40 heavy (non-hydrogen) atoms. The summed E-state index contributed by atoms with van der Waals surface area (Å²) >= 11 is 1.39. The van der Waals surface area contributed by atoms with E-state index in [1.165, 1.54) is 11.3 Å². The van der Waals surface area contributed by atoms with Crippen molar-refractivity contribution in [3.05, 3.63) is 70.0 Å². The Morgan fingerprint density at radius 3 is 2.52 bits per heavy atom. The first-order valence-electron chi connectivity index (χ1n) is 13.9. The van der Waals surface area contributed by atoms with Crippen molar-refractivity contribution in [2.24, 2.45) is 11.8 Å². The maximum absolute atomic E-state index is 13.1. The third kappa shape index (κ3) is 7.08. The fourth-order valence-corrected chi connectivity index (χ4v) is 5.94. The van der Waals surface area contributed by atoms with E-state index >= 15 is 0 Å². The Bertz CT molecular complexity index is 1270. The van der Waals surface area contributed by atoms with Crippen molar-refractivity contribution in [3.8, 4) is 11.1 Å². The lowest BCUT2D eigenvalue weighted by Gasteiger charge is -2.30. The van der Waals surface area contributed by atoms with Gasteiger partial charge in [-0.1, -0.05) is 63.3 Å². The summed E-state index contributed by atoms with van der Waals surface area (Å²) in [5, 5.41) is 28.5. The Morgan fingerprint density at radius 2 is 1.82 bits per heavy atom. The maximum atomic E-state index is 13.1. The number of nitrogens with zero attached hydrogens (tertiary/aromatic N) is 1. The monoisotopic (exact) mass is 565 g/mol. The molecule has 4 atom stereocenters. The molecule has 214 valence electrons. The molecule has 1 aromatic carbocycles. The number of aliphatic hydroxyl groups excluding tert-OH is 2. The number of carbonyl (C=O) groups excluding carboxylic acids is 3. The minimum atomic E-state index is -1.87. The lowest BCUT2D eigenvalue weighted by atomic mass is 9.92. The van der Waals surface area contributed by atoms with Crippen LogP contribution in [0.25, 0.3) is 11.1 Å². The first kappa shape index (κ1) is 29.7. The Labute approximate surface area is 239 Å². The highest BCUT2D eigenvalue weighted by Crippen LogP contribution is 2.30. The molecule has 8 nitrogen and oxygen atoms in total. The molecule has 3 amide bonds. The van der Waals surface area contributed by atoms with E-state index in [9.17, 15) is 24.6 Å². The summed E-state index contributed by atoms with van der Waals surface area (Å²) in [7, 11) is 0. The van der Waals surface area contributed by atoms with Crippen LogP contribution in [-0.2, 0) is 16.1 Å². The number of benzene rings is 1. The van der Waals surface area contributed by atoms with Gasteiger partial charge in [0.25, 0.3) is 17.7 Å². The van der Waals surface area contributed by atoms with Crippen molar-refractivity contribution in [1.29, 1.82) is 0 Å². The average molecular weight is 566 g/mol. The molecule has 1 fully saturated rings. The molecular weight excluding hydrogens is 526 g/mol. The Kier molecular flexibility index (Phi) is 9.95. The number of hydrogen-bond acceptors (Lipinski definition) is 6. The van der Waals surface area contributed by atoms with Crippen LogP contribution in [0.1, 0.15) is 55.3 Å². The molecule has 1 aliphatic heterocycles. The third-order valence-electron chi connectivity index (χ3n) is 7.31. The lowest BCUT2D eigenvalue weighted by molar-refractivity contribution is -0.153. The lowest BCUT2D eigenvalue weighted by Crippen LogP contribution is -2.52. The summed E-state index contributed by atoms with van der Waals surface area (Å²) < 4.78 is 0. The van der Waals surface area contributed by atoms with E-state index < -0.39 is 24.0 Å². The van der Waals surface area contributed by atoms with Crippen LogP contribution < -0.4 is 10.6 Å². The standard InChI is InChI=1S/C31H39N3O5S/c1-19(2)17-32-30(38)28-24(13-15-40-28)22-11-9-21(10-12-22)18-33-29(37)26(35)27(36)31(39)34-14-5-8-25(34)23-7-4-6-20(3)16-23/h4,7,9-13,15-16,19-20,25-27,35-36H,5-6,8,14,17-18H2,1-3H3,(H,32,38)(H,33,37)/t20?,25?,26-,27-/m1/s1. The molecule has 0 saturated carbocycles. The summed E-state index contributed by atoms with van der Waals surface area (Å²) in [5.41, 5.74) is 3.54. The molecule has 4 N–H and O–H groups in total. The molecule has 0 bridgehead atoms. The van der Waals surface area contributed by atoms with Gasteiger partial charge in [-0.25, -0.2) is 0 Å². The number of aliphatic hydroxyl groups is 2. The van der Waals surface area contributed by atoms with Crippen molar-refractivity contribution in [2.75, 3.05) is 13.1 Å². The molecule has 2 aliphatic rings. The minimum Gasteiger partial charge on any atom is -0.380 e. The second-order valence-corrected chi connectivity index (χ2v) is 12.0. The van der Waals surface area contributed by atoms with E-state index in [4.69, 9.17) is 0 Å². The van der Waals surface area contributed by atoms with Gasteiger partial charge in [-0.3, -0.25) is 14.4 Å². The van der Waals surface area contributed by atoms with Gasteiger partial charge in [0.15, 0.2) is 12.2 Å². The highest BCUT2D eigenvalue weighted by molar-refractivity contribution is 7.12. The van der Waals surface area contributed by atoms with Gasteiger partial charge in [-0.05, 0) is 59.2 Å². The zero-order valence-electron chi connectivity index (χ0n) is 23.3. The number of hydrogen-bond donors (Lipinski definition) is 4. The first-order chi connectivity index (χ1) is 19.2. The van der Waals surface area contributed by atoms with Crippen LogP contribution in [0.4, 0.5) is 0 Å². The predicted molar refractivity (Wildman–Crippen MR) is 157 cm³/mol. The van der Waals surface area contributed by atoms with Gasteiger partial charge in [0, 0.05) is 25.2 Å². The molecule has 1 saturated heterocycles. The van der Waals surface area contributed by atoms with E-state index in [0.717, 1.165) is 41.5 Å². The molecule has 2 unspecified atom stereocenters. The van der Waals surface area contributed by atoms with Crippen LogP contribution in [0.15, 0.2) is 59.5 Å². The van der Waals surface area contributed by atoms with E-state index in [2.05, 4.69) is 29.7 Å². The number of allylic oxidation sites excluding steroid dienone is 2. The number of nitrogens with one attached hydrogen (secondary N) is 2. The van der Waals surface area contributed by atoms with E-state index in [0.29, 0.717) is 29.8 Å². The van der Waals surface area contributed by atoms with E-state index in [1.54, 1.807) is 4.90 Å². The number of likely N-dealkylation sites (tertiary alicyclic amines) is 1. The second-order valence-electron chi connectivity index (χ2n) is 11.0. The molecule has 1 aromatic heterocycles. The van der Waals surface area contributed by atoms with Gasteiger partial charge in [0.2, 0.25) is 0 Å². The largest absolute Gasteiger partial charge is 0.380 e. The van der Waals surface area contributed by atoms with Crippen LogP contribution >= 0.6 is 11.3 Å². The van der Waals surface area contributed by atoms with Gasteiger partial charge in [0.05, 0.1) is 10.9 Å². The van der Waals surface area contributed by atoms with Crippen LogP contribution in [-0.4, -0.2) is 64.2 Å². The summed E-state index contributed by atoms with van der Waals surface area (Å²) in [5.74, 6) is -0.801. The quantitative estimate of drug-likeness (QED) is 0.351. The van der Waals surface area contributed by atoms with Crippen molar-refractivity contribution in [3.63, 3.8) is 0 Å². The highest BCUT2D eigenvalue weighted by Gasteiger charge is 2.39. The SMILES string of the molecule is CC(C)CNC(=O)c1sccc1-c1ccc(CNC(=O)[C@H](O)[C@@H](O)C(=O)N2CCCC2C2=CC(C)CC=C2)cc1. The van der Waals surface area contributed by atoms with Crippen LogP contribution in [0.3, 0.4) is 0 Å². The summed E-state index contributed by atoms with van der Waals surface area (Å²) in [4.78, 5) is 40.5. The molecular formula is C31H39N3O5S. The highest BCUT2D eigenvalue weighted by atomic mass is 32.1. The number of carbonyl (C=O) groups is 3. The fourth-order valence-electron chi connectivity index (χ4n) is 5.10. The zero-order valence-corrected chi connectivity index (χ0v) is 24.1. The van der Waals surface area contributed by atoms with Gasteiger partial charge >= 0.3 is 0 Å². The molecule has 0 spiro atoms. The van der Waals surface area contributed by atoms with Gasteiger partial charge in [0.1, 0.15) is 0 Å². The topological polar surface area (TPSA) is 119 Å². The second kappa shape index (κ2) is 13.4. The van der Waals surface area contributed by atoms with Crippen molar-refractivity contribution in [1.82, 2.24) is 15.5 Å². The number of rotatable bonds is 10. The summed E-state index contributed by atoms with van der Waals surface area (Å²) in [6.45, 7) is 7.41. The number of thiophene rings is 1. The Balaban J connectivity index is 1.32. The van der Waals surface area contributed by atoms with E-state index in [1.807, 2.05) is 55.6 Å². The van der Waals surface area contributed by atoms with Gasteiger partial charge in [-0.15, -0.1) is 11.3 Å². The Morgan fingerprint density at radius 1 is 1.07 bits per heavy atom. The first-order valence-corrected chi connectivity index (χ1v) is 14.8. The Hall–Kier alpha value is -3.27. The molecule has 4 rings (SSSR count). The fraction of sp³-hybridized carbons (Fsp3) is 0.452. The van der Waals surface area contributed by atoms with Crippen molar-refractivity contribution >= 4 is 29.1 Å². The van der Waals surface area contributed by atoms with Crippen LogP contribution in [0.2, 0.25) is 0 Å². The molecule has 2 heterocycles. The smallest absolute Gasteiger partial charge is 0.261 e. The van der Waals surface area contributed by atoms with E-state index in [-0.39, 0.29) is 18.5 Å². The normalized spacial score (nSPS) is 20.2. The van der Waals surface area contributed by atoms with Gasteiger partial charge in [-0.2, -0.15) is 0 Å². The minimum absolute atomic E-state index is 0.0983. The van der Waals surface area contributed by atoms with Crippen molar-refractivity contribution < 1.29 is 24.6 Å². The maximum Gasteiger partial charge on any atom is 0.261 e. The average Bonchev–Trinajstić information content (AvgIpc) is 3.64. The molecule has 2 aromatic rings.